The van der Waals surface area contributed by atoms with Crippen molar-refractivity contribution in [1.29, 1.82) is 0 Å². The first-order valence-electron chi connectivity index (χ1n) is 6.46. The summed E-state index contributed by atoms with van der Waals surface area (Å²) in [6.45, 7) is 2.23. The van der Waals surface area contributed by atoms with Crippen LogP contribution < -0.4 is 10.6 Å². The first-order chi connectivity index (χ1) is 7.84. The molecule has 1 heterocycles. The molecule has 1 saturated carbocycles. The van der Waals surface area contributed by atoms with Gasteiger partial charge in [0.1, 0.15) is 0 Å². The summed E-state index contributed by atoms with van der Waals surface area (Å²) in [6, 6.07) is 0.468. The van der Waals surface area contributed by atoms with Gasteiger partial charge in [-0.2, -0.15) is 0 Å². The lowest BCUT2D eigenvalue weighted by molar-refractivity contribution is -0.120. The molecule has 0 bridgehead atoms. The average molecular weight is 226 g/mol. The molecule has 1 unspecified atom stereocenters. The van der Waals surface area contributed by atoms with Gasteiger partial charge in [-0.05, 0) is 45.1 Å². The third kappa shape index (κ3) is 4.49. The van der Waals surface area contributed by atoms with E-state index in [9.17, 15) is 4.79 Å². The quantitative estimate of drug-likeness (QED) is 0.659. The van der Waals surface area contributed by atoms with Crippen molar-refractivity contribution in [1.82, 2.24) is 10.6 Å². The van der Waals surface area contributed by atoms with Gasteiger partial charge in [0, 0.05) is 12.6 Å². The molecule has 16 heavy (non-hydrogen) atoms. The summed E-state index contributed by atoms with van der Waals surface area (Å²) >= 11 is 0. The van der Waals surface area contributed by atoms with E-state index < -0.39 is 0 Å². The molecule has 2 rings (SSSR count). The van der Waals surface area contributed by atoms with Crippen LogP contribution in [-0.2, 0) is 9.53 Å². The van der Waals surface area contributed by atoms with Crippen molar-refractivity contribution in [2.24, 2.45) is 0 Å². The largest absolute Gasteiger partial charge is 0.378 e. The zero-order valence-electron chi connectivity index (χ0n) is 9.84. The molecule has 0 radical (unpaired) electrons. The fourth-order valence-electron chi connectivity index (χ4n) is 2.01. The van der Waals surface area contributed by atoms with Crippen molar-refractivity contribution in [2.45, 2.75) is 50.7 Å². The molecule has 0 aromatic rings. The number of amides is 1. The maximum absolute atomic E-state index is 11.3. The molecule has 0 aromatic carbocycles. The Morgan fingerprint density at radius 3 is 2.81 bits per heavy atom. The van der Waals surface area contributed by atoms with Crippen LogP contribution in [0.3, 0.4) is 0 Å². The molecule has 2 N–H and O–H groups in total. The predicted octanol–water partition coefficient (Wildman–Crippen LogP) is 0.814. The van der Waals surface area contributed by atoms with E-state index in [1.165, 1.54) is 19.3 Å². The SMILES string of the molecule is O=C(CNCCC1CCCCO1)NC1CC1. The van der Waals surface area contributed by atoms with Gasteiger partial charge in [0.2, 0.25) is 5.91 Å². The number of carbonyl (C=O) groups excluding carboxylic acids is 1. The van der Waals surface area contributed by atoms with Crippen LogP contribution in [0.5, 0.6) is 0 Å². The molecule has 4 heteroatoms. The topological polar surface area (TPSA) is 50.4 Å². The van der Waals surface area contributed by atoms with Gasteiger partial charge in [0.05, 0.1) is 12.6 Å². The maximum atomic E-state index is 11.3. The lowest BCUT2D eigenvalue weighted by atomic mass is 10.1. The Labute approximate surface area is 97.1 Å². The third-order valence-corrected chi connectivity index (χ3v) is 3.15. The minimum Gasteiger partial charge on any atom is -0.378 e. The number of hydrogen-bond donors (Lipinski definition) is 2. The van der Waals surface area contributed by atoms with E-state index in [0.29, 0.717) is 18.7 Å². The molecule has 0 spiro atoms. The normalized spacial score (nSPS) is 25.4. The standard InChI is InChI=1S/C12H22N2O2/c15-12(14-10-4-5-10)9-13-7-6-11-3-1-2-8-16-11/h10-11,13H,1-9H2,(H,14,15). The van der Waals surface area contributed by atoms with Crippen molar-refractivity contribution >= 4 is 5.91 Å². The summed E-state index contributed by atoms with van der Waals surface area (Å²) in [6.07, 6.45) is 7.41. The van der Waals surface area contributed by atoms with E-state index >= 15 is 0 Å². The maximum Gasteiger partial charge on any atom is 0.234 e. The predicted molar refractivity (Wildman–Crippen MR) is 62.2 cm³/mol. The number of nitrogens with one attached hydrogen (secondary N) is 2. The van der Waals surface area contributed by atoms with Crippen molar-refractivity contribution in [3.63, 3.8) is 0 Å². The Hall–Kier alpha value is -0.610. The fourth-order valence-corrected chi connectivity index (χ4v) is 2.01. The van der Waals surface area contributed by atoms with Gasteiger partial charge in [0.25, 0.3) is 0 Å². The van der Waals surface area contributed by atoms with E-state index in [2.05, 4.69) is 10.6 Å². The minimum absolute atomic E-state index is 0.132. The molecule has 1 amide bonds. The molecule has 4 nitrogen and oxygen atoms in total. The van der Waals surface area contributed by atoms with Crippen molar-refractivity contribution in [3.05, 3.63) is 0 Å². The van der Waals surface area contributed by atoms with Gasteiger partial charge in [-0.3, -0.25) is 4.79 Å². The van der Waals surface area contributed by atoms with E-state index in [-0.39, 0.29) is 5.91 Å². The van der Waals surface area contributed by atoms with Crippen molar-refractivity contribution in [2.75, 3.05) is 19.7 Å². The second-order valence-electron chi connectivity index (χ2n) is 4.80. The summed E-state index contributed by atoms with van der Waals surface area (Å²) in [5.74, 6) is 0.132. The highest BCUT2D eigenvalue weighted by Gasteiger charge is 2.22. The van der Waals surface area contributed by atoms with Crippen molar-refractivity contribution < 1.29 is 9.53 Å². The second-order valence-corrected chi connectivity index (χ2v) is 4.80. The zero-order chi connectivity index (χ0) is 11.2. The number of hydrogen-bond acceptors (Lipinski definition) is 3. The number of rotatable bonds is 6. The van der Waals surface area contributed by atoms with E-state index in [0.717, 1.165) is 32.4 Å². The molecule has 1 atom stereocenters. The van der Waals surface area contributed by atoms with Crippen LogP contribution in [0.4, 0.5) is 0 Å². The summed E-state index contributed by atoms with van der Waals surface area (Å²) in [5, 5.41) is 6.13. The van der Waals surface area contributed by atoms with Crippen LogP contribution in [0.25, 0.3) is 0 Å². The molecule has 1 aliphatic carbocycles. The number of ether oxygens (including phenoxy) is 1. The Morgan fingerprint density at radius 1 is 1.25 bits per heavy atom. The molecule has 1 saturated heterocycles. The molecular weight excluding hydrogens is 204 g/mol. The van der Waals surface area contributed by atoms with E-state index in [4.69, 9.17) is 4.74 Å². The summed E-state index contributed by atoms with van der Waals surface area (Å²) in [5.41, 5.74) is 0. The average Bonchev–Trinajstić information content (AvgIpc) is 3.10. The Bertz CT molecular complexity index is 223. The molecule has 2 aliphatic rings. The van der Waals surface area contributed by atoms with Crippen LogP contribution in [0.15, 0.2) is 0 Å². The lowest BCUT2D eigenvalue weighted by Crippen LogP contribution is -2.36. The van der Waals surface area contributed by atoms with Gasteiger partial charge < -0.3 is 15.4 Å². The number of carbonyl (C=O) groups is 1. The summed E-state index contributed by atoms with van der Waals surface area (Å²) < 4.78 is 5.62. The zero-order valence-corrected chi connectivity index (χ0v) is 9.84. The molecule has 1 aliphatic heterocycles. The smallest absolute Gasteiger partial charge is 0.234 e. The van der Waals surface area contributed by atoms with Gasteiger partial charge in [-0.15, -0.1) is 0 Å². The highest BCUT2D eigenvalue weighted by Crippen LogP contribution is 2.18. The summed E-state index contributed by atoms with van der Waals surface area (Å²) in [7, 11) is 0. The molecular formula is C12H22N2O2. The summed E-state index contributed by atoms with van der Waals surface area (Å²) in [4.78, 5) is 11.3. The van der Waals surface area contributed by atoms with Crippen LogP contribution in [-0.4, -0.2) is 37.7 Å². The highest BCUT2D eigenvalue weighted by molar-refractivity contribution is 5.78. The second kappa shape index (κ2) is 6.21. The fraction of sp³-hybridized carbons (Fsp3) is 0.917. The van der Waals surface area contributed by atoms with Crippen LogP contribution in [0, 0.1) is 0 Å². The minimum atomic E-state index is 0.132. The monoisotopic (exact) mass is 226 g/mol. The Kier molecular flexibility index (Phi) is 4.60. The molecule has 0 aromatic heterocycles. The lowest BCUT2D eigenvalue weighted by Gasteiger charge is -2.22. The van der Waals surface area contributed by atoms with Gasteiger partial charge >= 0.3 is 0 Å². The van der Waals surface area contributed by atoms with E-state index in [1.807, 2.05) is 0 Å². The van der Waals surface area contributed by atoms with Crippen LogP contribution >= 0.6 is 0 Å². The van der Waals surface area contributed by atoms with Crippen LogP contribution in [0.1, 0.15) is 38.5 Å². The Morgan fingerprint density at radius 2 is 2.12 bits per heavy atom. The Balaban J connectivity index is 1.45. The van der Waals surface area contributed by atoms with Gasteiger partial charge in [-0.25, -0.2) is 0 Å². The first kappa shape index (κ1) is 11.9. The highest BCUT2D eigenvalue weighted by atomic mass is 16.5. The van der Waals surface area contributed by atoms with E-state index in [1.54, 1.807) is 0 Å². The van der Waals surface area contributed by atoms with Crippen LogP contribution in [0.2, 0.25) is 0 Å². The third-order valence-electron chi connectivity index (χ3n) is 3.15. The first-order valence-corrected chi connectivity index (χ1v) is 6.46. The molecule has 92 valence electrons. The van der Waals surface area contributed by atoms with Crippen molar-refractivity contribution in [3.8, 4) is 0 Å². The van der Waals surface area contributed by atoms with Gasteiger partial charge in [-0.1, -0.05) is 0 Å². The molecule has 2 fully saturated rings. The van der Waals surface area contributed by atoms with Gasteiger partial charge in [0.15, 0.2) is 0 Å².